The van der Waals surface area contributed by atoms with Crippen LogP contribution in [0.1, 0.15) is 23.6 Å². The van der Waals surface area contributed by atoms with Crippen LogP contribution >= 0.6 is 22.7 Å². The summed E-state index contributed by atoms with van der Waals surface area (Å²) in [5.41, 5.74) is 8.25. The Bertz CT molecular complexity index is 3340. The van der Waals surface area contributed by atoms with Crippen LogP contribution in [-0.2, 0) is 0 Å². The molecule has 0 amide bonds. The Kier molecular flexibility index (Phi) is 7.13. The Balaban J connectivity index is 1.12. The van der Waals surface area contributed by atoms with Crippen LogP contribution in [0.2, 0.25) is 0 Å². The molecule has 0 radical (unpaired) electrons. The first kappa shape index (κ1) is 31.8. The smallest absolute Gasteiger partial charge is 0.165 e. The van der Waals surface area contributed by atoms with E-state index in [0.29, 0.717) is 23.4 Å². The van der Waals surface area contributed by atoms with E-state index in [2.05, 4.69) is 169 Å². The standard InChI is InChI=1S/C50H32N4S2/c1-2-13-30(14-3-1)46-35-26-27-42-45(44(35)33-16-6-8-21-39(33)51-46)36-18-10-20-38(47(36)56-42)50-53-48(32-25-24-29-12-4-5-15-31(29)28-32)52-49(54-50)37-19-11-23-41-43(37)34-17-7-9-22-40(34)55-41/h1-25,27-28,35,46,51H,26H2. The zero-order chi connectivity index (χ0) is 36.7. The number of benzene rings is 7. The zero-order valence-electron chi connectivity index (χ0n) is 30.1. The average molecular weight is 753 g/mol. The molecule has 1 aliphatic carbocycles. The summed E-state index contributed by atoms with van der Waals surface area (Å²) in [4.78, 5) is 16.0. The van der Waals surface area contributed by atoms with E-state index in [0.717, 1.165) is 28.5 Å². The van der Waals surface area contributed by atoms with Gasteiger partial charge in [0, 0.05) is 73.9 Å². The second-order valence-corrected chi connectivity index (χ2v) is 16.8. The van der Waals surface area contributed by atoms with Crippen molar-refractivity contribution in [2.24, 2.45) is 5.92 Å². The van der Waals surface area contributed by atoms with E-state index >= 15 is 0 Å². The van der Waals surface area contributed by atoms with Gasteiger partial charge in [-0.1, -0.05) is 133 Å². The number of fused-ring (bicyclic) bond motifs is 10. The van der Waals surface area contributed by atoms with Gasteiger partial charge in [0.1, 0.15) is 0 Å². The number of hydrogen-bond donors (Lipinski definition) is 1. The molecule has 2 unspecified atom stereocenters. The summed E-state index contributed by atoms with van der Waals surface area (Å²) in [7, 11) is 0. The number of nitrogens with one attached hydrogen (secondary N) is 1. The van der Waals surface area contributed by atoms with Crippen molar-refractivity contribution in [2.45, 2.75) is 12.5 Å². The summed E-state index contributed by atoms with van der Waals surface area (Å²) in [6.45, 7) is 0. The third-order valence-corrected chi connectivity index (χ3v) is 13.9. The van der Waals surface area contributed by atoms with E-state index in [1.807, 2.05) is 22.7 Å². The van der Waals surface area contributed by atoms with Gasteiger partial charge in [0.2, 0.25) is 0 Å². The van der Waals surface area contributed by atoms with Gasteiger partial charge in [-0.05, 0) is 58.7 Å². The molecule has 0 bridgehead atoms. The summed E-state index contributed by atoms with van der Waals surface area (Å²) >= 11 is 3.68. The van der Waals surface area contributed by atoms with Gasteiger partial charge in [0.25, 0.3) is 0 Å². The number of hydrogen-bond acceptors (Lipinski definition) is 6. The second kappa shape index (κ2) is 12.5. The molecule has 12 rings (SSSR count). The molecule has 264 valence electrons. The van der Waals surface area contributed by atoms with Gasteiger partial charge in [-0.2, -0.15) is 0 Å². The fraction of sp³-hybridized carbons (Fsp3) is 0.0600. The molecule has 0 spiro atoms. The fourth-order valence-electron chi connectivity index (χ4n) is 9.03. The summed E-state index contributed by atoms with van der Waals surface area (Å²) in [6.07, 6.45) is 3.43. The summed E-state index contributed by atoms with van der Waals surface area (Å²) < 4.78 is 5.01. The molecule has 6 heteroatoms. The molecule has 2 aliphatic rings. The summed E-state index contributed by atoms with van der Waals surface area (Å²) in [5.74, 6) is 2.34. The van der Waals surface area contributed by atoms with Crippen LogP contribution in [0.15, 0.2) is 158 Å². The maximum atomic E-state index is 5.39. The van der Waals surface area contributed by atoms with Crippen molar-refractivity contribution in [3.05, 3.63) is 179 Å². The highest BCUT2D eigenvalue weighted by Gasteiger charge is 2.35. The Hall–Kier alpha value is -6.47. The molecule has 7 aromatic carbocycles. The SMILES string of the molecule is C1=c2sc3c(-c4nc(-c5ccc6ccccc6c5)nc(-c5cccc6sc7ccccc7c56)n4)cccc3c2=C2c3ccccc3NC(c3ccccc3)C2C1. The van der Waals surface area contributed by atoms with Crippen molar-refractivity contribution in [1.29, 1.82) is 0 Å². The predicted molar refractivity (Wildman–Crippen MR) is 235 cm³/mol. The van der Waals surface area contributed by atoms with Gasteiger partial charge in [0.05, 0.1) is 6.04 Å². The van der Waals surface area contributed by atoms with Crippen molar-refractivity contribution in [3.8, 4) is 34.2 Å². The van der Waals surface area contributed by atoms with Crippen LogP contribution in [-0.4, -0.2) is 15.0 Å². The molecular formula is C50H32N4S2. The van der Waals surface area contributed by atoms with Crippen LogP contribution in [0.25, 0.3) is 86.8 Å². The molecule has 3 aromatic heterocycles. The Morgan fingerprint density at radius 1 is 0.536 bits per heavy atom. The van der Waals surface area contributed by atoms with Crippen LogP contribution in [0.4, 0.5) is 5.69 Å². The summed E-state index contributed by atoms with van der Waals surface area (Å²) in [5, 5.41) is 11.3. The minimum Gasteiger partial charge on any atom is -0.377 e. The highest BCUT2D eigenvalue weighted by Crippen LogP contribution is 2.46. The maximum absolute atomic E-state index is 5.39. The maximum Gasteiger partial charge on any atom is 0.165 e. The molecule has 4 nitrogen and oxygen atoms in total. The summed E-state index contributed by atoms with van der Waals surface area (Å²) in [6, 6.07) is 56.7. The van der Waals surface area contributed by atoms with Gasteiger partial charge in [-0.15, -0.1) is 22.7 Å². The Morgan fingerprint density at radius 3 is 2.16 bits per heavy atom. The van der Waals surface area contributed by atoms with Gasteiger partial charge < -0.3 is 5.32 Å². The van der Waals surface area contributed by atoms with E-state index < -0.39 is 0 Å². The normalized spacial score (nSPS) is 16.0. The first-order valence-corrected chi connectivity index (χ1v) is 20.7. The number of aromatic nitrogens is 3. The first-order valence-electron chi connectivity index (χ1n) is 19.1. The lowest BCUT2D eigenvalue weighted by Crippen LogP contribution is -2.37. The quantitative estimate of drug-likeness (QED) is 0.194. The van der Waals surface area contributed by atoms with Crippen molar-refractivity contribution in [1.82, 2.24) is 15.0 Å². The molecule has 56 heavy (non-hydrogen) atoms. The lowest BCUT2D eigenvalue weighted by Gasteiger charge is -2.38. The average Bonchev–Trinajstić information content (AvgIpc) is 3.85. The molecule has 0 saturated heterocycles. The van der Waals surface area contributed by atoms with Gasteiger partial charge in [-0.25, -0.2) is 15.0 Å². The van der Waals surface area contributed by atoms with Crippen molar-refractivity contribution < 1.29 is 0 Å². The number of para-hydroxylation sites is 1. The van der Waals surface area contributed by atoms with Crippen LogP contribution in [0.3, 0.4) is 0 Å². The number of anilines is 1. The Morgan fingerprint density at radius 2 is 1.23 bits per heavy atom. The van der Waals surface area contributed by atoms with Crippen LogP contribution < -0.4 is 15.1 Å². The second-order valence-electron chi connectivity index (χ2n) is 14.7. The van der Waals surface area contributed by atoms with E-state index in [9.17, 15) is 0 Å². The minimum atomic E-state index is 0.176. The van der Waals surface area contributed by atoms with Gasteiger partial charge >= 0.3 is 0 Å². The molecule has 1 N–H and O–H groups in total. The van der Waals surface area contributed by atoms with E-state index in [1.165, 1.54) is 67.8 Å². The molecule has 4 heterocycles. The minimum absolute atomic E-state index is 0.176. The topological polar surface area (TPSA) is 50.7 Å². The highest BCUT2D eigenvalue weighted by atomic mass is 32.1. The molecule has 1 aliphatic heterocycles. The van der Waals surface area contributed by atoms with E-state index in [1.54, 1.807) is 0 Å². The fourth-order valence-corrected chi connectivity index (χ4v) is 11.4. The van der Waals surface area contributed by atoms with E-state index in [4.69, 9.17) is 15.0 Å². The lowest BCUT2D eigenvalue weighted by molar-refractivity contribution is 0.571. The van der Waals surface area contributed by atoms with Gasteiger partial charge in [-0.3, -0.25) is 0 Å². The predicted octanol–water partition coefficient (Wildman–Crippen LogP) is 11.8. The number of thiophene rings is 2. The zero-order valence-corrected chi connectivity index (χ0v) is 31.7. The third-order valence-electron chi connectivity index (χ3n) is 11.6. The highest BCUT2D eigenvalue weighted by molar-refractivity contribution is 7.26. The van der Waals surface area contributed by atoms with Gasteiger partial charge in [0.15, 0.2) is 17.5 Å². The molecule has 0 fully saturated rings. The van der Waals surface area contributed by atoms with Crippen molar-refractivity contribution in [3.63, 3.8) is 0 Å². The molecule has 0 saturated carbocycles. The molecule has 10 aromatic rings. The van der Waals surface area contributed by atoms with Crippen molar-refractivity contribution in [2.75, 3.05) is 5.32 Å². The first-order chi connectivity index (χ1) is 27.7. The largest absolute Gasteiger partial charge is 0.377 e. The van der Waals surface area contributed by atoms with E-state index in [-0.39, 0.29) is 6.04 Å². The lowest BCUT2D eigenvalue weighted by atomic mass is 9.75. The third kappa shape index (κ3) is 4.93. The van der Waals surface area contributed by atoms with Crippen LogP contribution in [0.5, 0.6) is 0 Å². The number of rotatable bonds is 4. The number of nitrogens with zero attached hydrogens (tertiary/aromatic N) is 3. The molecular weight excluding hydrogens is 721 g/mol. The van der Waals surface area contributed by atoms with Crippen molar-refractivity contribution >= 4 is 81.0 Å². The monoisotopic (exact) mass is 752 g/mol. The Labute approximate surface area is 330 Å². The molecule has 2 atom stereocenters. The van der Waals surface area contributed by atoms with Crippen LogP contribution in [0, 0.1) is 5.92 Å².